The summed E-state index contributed by atoms with van der Waals surface area (Å²) in [7, 11) is 0. The number of nitrogens with zero attached hydrogens (tertiary/aromatic N) is 1. The molecule has 1 fully saturated rings. The van der Waals surface area contributed by atoms with Crippen molar-refractivity contribution in [3.8, 4) is 0 Å². The van der Waals surface area contributed by atoms with Gasteiger partial charge in [0.1, 0.15) is 5.71 Å². The Morgan fingerprint density at radius 3 is 2.50 bits per heavy atom. The van der Waals surface area contributed by atoms with Crippen LogP contribution in [0, 0.1) is 5.92 Å². The van der Waals surface area contributed by atoms with Crippen molar-refractivity contribution in [3.05, 3.63) is 0 Å². The number of hydrogen-bond donors (Lipinski definition) is 2. The van der Waals surface area contributed by atoms with Gasteiger partial charge in [-0.15, -0.1) is 0 Å². The summed E-state index contributed by atoms with van der Waals surface area (Å²) >= 11 is 0. The molecule has 0 bridgehead atoms. The molecule has 4 nitrogen and oxygen atoms in total. The maximum Gasteiger partial charge on any atom is 0.351 e. The largest absolute Gasteiger partial charge is 0.477 e. The van der Waals surface area contributed by atoms with E-state index in [1.807, 2.05) is 0 Å². The molecule has 0 amide bonds. The molecule has 1 aliphatic rings. The molecule has 2 N–H and O–H groups in total. The molecule has 0 radical (unpaired) electrons. The maximum atomic E-state index is 10.5. The summed E-state index contributed by atoms with van der Waals surface area (Å²) in [4.78, 5) is 10.5. The molecule has 0 atom stereocenters. The quantitative estimate of drug-likeness (QED) is 0.327. The van der Waals surface area contributed by atoms with Crippen LogP contribution < -0.4 is 5.43 Å². The molecule has 1 rings (SSSR count). The van der Waals surface area contributed by atoms with Crippen LogP contribution >= 0.6 is 0 Å². The predicted molar refractivity (Wildman–Crippen MR) is 64.6 cm³/mol. The highest BCUT2D eigenvalue weighted by Crippen LogP contribution is 2.24. The van der Waals surface area contributed by atoms with Gasteiger partial charge in [-0.3, -0.25) is 0 Å². The number of carboxylic acid groups (broad SMARTS) is 1. The molecule has 1 saturated carbocycles. The van der Waals surface area contributed by atoms with Gasteiger partial charge in [0.2, 0.25) is 0 Å². The fourth-order valence-corrected chi connectivity index (χ4v) is 2.14. The summed E-state index contributed by atoms with van der Waals surface area (Å²) in [6, 6.07) is 0. The summed E-state index contributed by atoms with van der Waals surface area (Å²) in [5, 5.41) is 12.4. The average Bonchev–Trinajstić information content (AvgIpc) is 2.52. The minimum absolute atomic E-state index is 0.126. The van der Waals surface area contributed by atoms with Crippen LogP contribution in [0.5, 0.6) is 0 Å². The first-order chi connectivity index (χ1) is 7.70. The Bertz CT molecular complexity index is 243. The molecule has 0 heterocycles. The van der Waals surface area contributed by atoms with Gasteiger partial charge in [-0.1, -0.05) is 38.5 Å². The van der Waals surface area contributed by atoms with Crippen LogP contribution in [0.2, 0.25) is 0 Å². The van der Waals surface area contributed by atoms with Crippen LogP contribution in [0.3, 0.4) is 0 Å². The zero-order valence-corrected chi connectivity index (χ0v) is 10.0. The summed E-state index contributed by atoms with van der Waals surface area (Å²) in [6.45, 7) is 2.29. The fourth-order valence-electron chi connectivity index (χ4n) is 2.14. The second kappa shape index (κ2) is 7.25. The highest BCUT2D eigenvalue weighted by atomic mass is 16.4. The predicted octanol–water partition coefficient (Wildman–Crippen LogP) is 2.40. The molecule has 0 aliphatic heterocycles. The standard InChI is InChI=1S/C12H22N2O2/c1-10(12(15)16)14-13-9-8-11-6-4-2-3-5-7-11/h11,13H,2-9H2,1H3,(H,15,16)/b14-10-. The first-order valence-corrected chi connectivity index (χ1v) is 6.20. The van der Waals surface area contributed by atoms with Crippen LogP contribution in [0.1, 0.15) is 51.9 Å². The van der Waals surface area contributed by atoms with Crippen molar-refractivity contribution in [3.63, 3.8) is 0 Å². The number of carboxylic acids is 1. The van der Waals surface area contributed by atoms with E-state index in [-0.39, 0.29) is 5.71 Å². The van der Waals surface area contributed by atoms with E-state index in [9.17, 15) is 4.79 Å². The molecule has 0 spiro atoms. The molecule has 1 aliphatic carbocycles. The number of hydrogen-bond acceptors (Lipinski definition) is 3. The molecule has 0 aromatic heterocycles. The van der Waals surface area contributed by atoms with E-state index >= 15 is 0 Å². The van der Waals surface area contributed by atoms with E-state index in [2.05, 4.69) is 10.5 Å². The highest BCUT2D eigenvalue weighted by Gasteiger charge is 2.11. The van der Waals surface area contributed by atoms with Gasteiger partial charge in [0.25, 0.3) is 0 Å². The lowest BCUT2D eigenvalue weighted by molar-refractivity contribution is -0.129. The van der Waals surface area contributed by atoms with Gasteiger partial charge in [0, 0.05) is 6.54 Å². The minimum atomic E-state index is -0.957. The highest BCUT2D eigenvalue weighted by molar-refractivity contribution is 6.34. The third-order valence-electron chi connectivity index (χ3n) is 3.20. The lowest BCUT2D eigenvalue weighted by Crippen LogP contribution is -2.18. The van der Waals surface area contributed by atoms with Gasteiger partial charge < -0.3 is 10.5 Å². The van der Waals surface area contributed by atoms with Crippen molar-refractivity contribution in [1.29, 1.82) is 0 Å². The van der Waals surface area contributed by atoms with Crippen LogP contribution in [-0.2, 0) is 4.79 Å². The van der Waals surface area contributed by atoms with E-state index in [1.54, 1.807) is 0 Å². The smallest absolute Gasteiger partial charge is 0.351 e. The molecule has 4 heteroatoms. The molecule has 0 aromatic carbocycles. The van der Waals surface area contributed by atoms with E-state index in [4.69, 9.17) is 5.11 Å². The van der Waals surface area contributed by atoms with E-state index < -0.39 is 5.97 Å². The Balaban J connectivity index is 2.14. The zero-order chi connectivity index (χ0) is 11.8. The molecule has 16 heavy (non-hydrogen) atoms. The number of nitrogens with one attached hydrogen (secondary N) is 1. The monoisotopic (exact) mass is 226 g/mol. The second-order valence-electron chi connectivity index (χ2n) is 4.56. The SMILES string of the molecule is C/C(=N/NCCC1CCCCCC1)C(=O)O. The number of rotatable bonds is 5. The van der Waals surface area contributed by atoms with Gasteiger partial charge in [-0.05, 0) is 19.3 Å². The van der Waals surface area contributed by atoms with E-state index in [0.717, 1.165) is 18.9 Å². The van der Waals surface area contributed by atoms with Crippen LogP contribution in [0.15, 0.2) is 5.10 Å². The first-order valence-electron chi connectivity index (χ1n) is 6.20. The normalized spacial score (nSPS) is 19.2. The van der Waals surface area contributed by atoms with Gasteiger partial charge in [-0.2, -0.15) is 5.10 Å². The first kappa shape index (κ1) is 13.0. The van der Waals surface area contributed by atoms with E-state index in [0.29, 0.717) is 0 Å². The average molecular weight is 226 g/mol. The summed E-state index contributed by atoms with van der Waals surface area (Å²) in [5.74, 6) is -0.155. The van der Waals surface area contributed by atoms with Crippen LogP contribution in [0.4, 0.5) is 0 Å². The van der Waals surface area contributed by atoms with Crippen molar-refractivity contribution in [1.82, 2.24) is 5.43 Å². The van der Waals surface area contributed by atoms with Gasteiger partial charge in [0.05, 0.1) is 0 Å². The second-order valence-corrected chi connectivity index (χ2v) is 4.56. The van der Waals surface area contributed by atoms with E-state index in [1.165, 1.54) is 45.4 Å². The van der Waals surface area contributed by atoms with Crippen molar-refractivity contribution in [2.45, 2.75) is 51.9 Å². The molecule has 0 unspecified atom stereocenters. The van der Waals surface area contributed by atoms with Gasteiger partial charge in [-0.25, -0.2) is 4.79 Å². The van der Waals surface area contributed by atoms with Crippen LogP contribution in [-0.4, -0.2) is 23.3 Å². The Labute approximate surface area is 97.1 Å². The minimum Gasteiger partial charge on any atom is -0.477 e. The Morgan fingerprint density at radius 2 is 1.94 bits per heavy atom. The maximum absolute atomic E-state index is 10.5. The molecular formula is C12H22N2O2. The third-order valence-corrected chi connectivity index (χ3v) is 3.20. The van der Waals surface area contributed by atoms with Gasteiger partial charge in [0.15, 0.2) is 0 Å². The number of hydrazone groups is 1. The molecular weight excluding hydrogens is 204 g/mol. The topological polar surface area (TPSA) is 61.7 Å². The van der Waals surface area contributed by atoms with Crippen molar-refractivity contribution < 1.29 is 9.90 Å². The number of carbonyl (C=O) groups is 1. The molecule has 0 saturated heterocycles. The molecule has 0 aromatic rings. The number of aliphatic carboxylic acids is 1. The van der Waals surface area contributed by atoms with Crippen LogP contribution in [0.25, 0.3) is 0 Å². The summed E-state index contributed by atoms with van der Waals surface area (Å²) in [5.41, 5.74) is 2.97. The fraction of sp³-hybridized carbons (Fsp3) is 0.833. The Morgan fingerprint density at radius 1 is 1.31 bits per heavy atom. The van der Waals surface area contributed by atoms with Crippen molar-refractivity contribution in [2.75, 3.05) is 6.54 Å². The Hall–Kier alpha value is -1.06. The van der Waals surface area contributed by atoms with Crippen molar-refractivity contribution in [2.24, 2.45) is 11.0 Å². The van der Waals surface area contributed by atoms with Crippen molar-refractivity contribution >= 4 is 11.7 Å². The third kappa shape index (κ3) is 5.14. The zero-order valence-electron chi connectivity index (χ0n) is 10.0. The Kier molecular flexibility index (Phi) is 5.90. The lowest BCUT2D eigenvalue weighted by Gasteiger charge is -2.12. The molecule has 92 valence electrons. The lowest BCUT2D eigenvalue weighted by atomic mass is 9.97. The summed E-state index contributed by atoms with van der Waals surface area (Å²) in [6.07, 6.45) is 9.20. The van der Waals surface area contributed by atoms with Gasteiger partial charge >= 0.3 is 5.97 Å². The summed E-state index contributed by atoms with van der Waals surface area (Å²) < 4.78 is 0.